The Morgan fingerprint density at radius 2 is 1.22 bits per heavy atom. The number of fused-ring (bicyclic) bond motifs is 11. The average Bonchev–Trinajstić information content (AvgIpc) is 3.75. The summed E-state index contributed by atoms with van der Waals surface area (Å²) in [6, 6.07) is 55.6. The molecule has 1 aliphatic carbocycles. The van der Waals surface area contributed by atoms with E-state index in [2.05, 4.69) is 193 Å². The van der Waals surface area contributed by atoms with E-state index in [0.29, 0.717) is 0 Å². The second kappa shape index (κ2) is 11.8. The van der Waals surface area contributed by atoms with Crippen LogP contribution in [0.15, 0.2) is 180 Å². The fourth-order valence-electron chi connectivity index (χ4n) is 9.44. The van der Waals surface area contributed by atoms with Crippen molar-refractivity contribution in [3.8, 4) is 5.69 Å². The van der Waals surface area contributed by atoms with Gasteiger partial charge in [-0.3, -0.25) is 4.99 Å². The van der Waals surface area contributed by atoms with Crippen LogP contribution in [-0.4, -0.2) is 14.8 Å². The third kappa shape index (κ3) is 4.51. The normalized spacial score (nSPS) is 18.4. The van der Waals surface area contributed by atoms with Gasteiger partial charge in [0.2, 0.25) is 0 Å². The van der Waals surface area contributed by atoms with Crippen molar-refractivity contribution >= 4 is 65.8 Å². The van der Waals surface area contributed by atoms with Crippen LogP contribution in [0.1, 0.15) is 36.1 Å². The monoisotopic (exact) mass is 693 g/mol. The van der Waals surface area contributed by atoms with Gasteiger partial charge in [-0.1, -0.05) is 152 Å². The van der Waals surface area contributed by atoms with E-state index in [1.807, 2.05) is 0 Å². The van der Waals surface area contributed by atoms with Gasteiger partial charge < -0.3 is 9.13 Å². The van der Waals surface area contributed by atoms with Gasteiger partial charge in [0, 0.05) is 44.6 Å². The highest BCUT2D eigenvalue weighted by Gasteiger charge is 2.34. The molecule has 3 heteroatoms. The summed E-state index contributed by atoms with van der Waals surface area (Å²) in [5, 5.41) is 7.70. The molecule has 0 bridgehead atoms. The number of allylic oxidation sites excluding steroid dienone is 4. The van der Waals surface area contributed by atoms with Crippen LogP contribution in [0.25, 0.3) is 60.1 Å². The lowest BCUT2D eigenvalue weighted by Crippen LogP contribution is -2.28. The maximum atomic E-state index is 5.59. The first-order chi connectivity index (χ1) is 26.6. The number of aryl methyl sites for hydroxylation is 1. The van der Waals surface area contributed by atoms with Crippen molar-refractivity contribution in [3.63, 3.8) is 0 Å². The molecular weight excluding hydrogens is 655 g/mol. The second-order valence-corrected chi connectivity index (χ2v) is 15.4. The highest BCUT2D eigenvalue weighted by atomic mass is 15.1. The maximum Gasteiger partial charge on any atom is 0.0811 e. The molecule has 0 amide bonds. The summed E-state index contributed by atoms with van der Waals surface area (Å²) in [6.45, 7) is 4.51. The van der Waals surface area contributed by atoms with Crippen LogP contribution in [0.4, 0.5) is 5.69 Å². The molecule has 9 aromatic rings. The molecule has 54 heavy (non-hydrogen) atoms. The quantitative estimate of drug-likeness (QED) is 0.175. The summed E-state index contributed by atoms with van der Waals surface area (Å²) >= 11 is 0. The van der Waals surface area contributed by atoms with E-state index in [1.165, 1.54) is 82.3 Å². The molecule has 258 valence electrons. The van der Waals surface area contributed by atoms with Crippen LogP contribution in [0.5, 0.6) is 0 Å². The predicted molar refractivity (Wildman–Crippen MR) is 228 cm³/mol. The van der Waals surface area contributed by atoms with E-state index in [0.717, 1.165) is 24.2 Å². The van der Waals surface area contributed by atoms with E-state index < -0.39 is 0 Å². The van der Waals surface area contributed by atoms with E-state index in [1.54, 1.807) is 0 Å². The molecule has 0 radical (unpaired) electrons. The van der Waals surface area contributed by atoms with Gasteiger partial charge in [-0.2, -0.15) is 0 Å². The molecule has 7 aromatic carbocycles. The summed E-state index contributed by atoms with van der Waals surface area (Å²) in [5.74, 6) is 0. The Bertz CT molecular complexity index is 3060. The van der Waals surface area contributed by atoms with E-state index in [9.17, 15) is 0 Å². The van der Waals surface area contributed by atoms with Gasteiger partial charge in [0.25, 0.3) is 0 Å². The van der Waals surface area contributed by atoms with Gasteiger partial charge in [-0.25, -0.2) is 0 Å². The fourth-order valence-corrected chi connectivity index (χ4v) is 9.44. The van der Waals surface area contributed by atoms with Gasteiger partial charge >= 0.3 is 0 Å². The van der Waals surface area contributed by atoms with Crippen LogP contribution in [0, 0.1) is 6.92 Å². The highest BCUT2D eigenvalue weighted by molar-refractivity contribution is 6.36. The molecule has 3 nitrogen and oxygen atoms in total. The largest absolute Gasteiger partial charge is 0.329 e. The number of hydrogen-bond donors (Lipinski definition) is 0. The number of rotatable bonds is 4. The zero-order chi connectivity index (χ0) is 36.0. The van der Waals surface area contributed by atoms with Crippen molar-refractivity contribution in [1.82, 2.24) is 9.13 Å². The first-order valence-electron chi connectivity index (χ1n) is 19.1. The van der Waals surface area contributed by atoms with Crippen molar-refractivity contribution in [1.29, 1.82) is 0 Å². The van der Waals surface area contributed by atoms with Crippen LogP contribution in [0.2, 0.25) is 0 Å². The van der Waals surface area contributed by atoms with Crippen LogP contribution in [-0.2, 0) is 11.8 Å². The van der Waals surface area contributed by atoms with E-state index >= 15 is 0 Å². The van der Waals surface area contributed by atoms with Gasteiger partial charge in [0.05, 0.1) is 34.0 Å². The SMILES string of the molecule is Cc1ccc(-n2c3ccccc3c3c4ccccc4c4c5ccccc5n(C5Cc6ccccc6N=C5C5=CCC(C)(c6ccccc6)C=C5)c4c32)cc1. The number of hydrogen-bond acceptors (Lipinski definition) is 1. The minimum absolute atomic E-state index is 0.0341. The molecule has 0 N–H and O–H groups in total. The summed E-state index contributed by atoms with van der Waals surface area (Å²) in [4.78, 5) is 5.59. The Hall–Kier alpha value is -6.45. The van der Waals surface area contributed by atoms with Crippen LogP contribution >= 0.6 is 0 Å². The zero-order valence-electron chi connectivity index (χ0n) is 30.5. The molecule has 1 aliphatic heterocycles. The van der Waals surface area contributed by atoms with Crippen molar-refractivity contribution < 1.29 is 0 Å². The van der Waals surface area contributed by atoms with Crippen molar-refractivity contribution in [2.24, 2.45) is 4.99 Å². The standard InChI is InChI=1S/C51H39N3/c1-33-24-26-37(27-25-33)53-43-22-12-9-19-40(43)46-38-17-7-8-18-39(38)47-41-20-10-13-23-44(41)54(50(47)49(46)53)45-32-35-14-6-11-21-42(35)52-48(45)34-28-30-51(2,31-29-34)36-15-4-3-5-16-36/h3-30,45H,31-32H2,1-2H3. The van der Waals surface area contributed by atoms with Crippen molar-refractivity contribution in [3.05, 3.63) is 192 Å². The highest BCUT2D eigenvalue weighted by Crippen LogP contribution is 2.48. The van der Waals surface area contributed by atoms with Crippen molar-refractivity contribution in [2.75, 3.05) is 0 Å². The topological polar surface area (TPSA) is 22.2 Å². The zero-order valence-corrected chi connectivity index (χ0v) is 30.5. The summed E-state index contributed by atoms with van der Waals surface area (Å²) in [5.41, 5.74) is 13.3. The van der Waals surface area contributed by atoms with Crippen LogP contribution in [0.3, 0.4) is 0 Å². The van der Waals surface area contributed by atoms with Gasteiger partial charge in [-0.15, -0.1) is 0 Å². The third-order valence-electron chi connectivity index (χ3n) is 12.1. The first kappa shape index (κ1) is 31.1. The molecule has 0 saturated heterocycles. The molecule has 2 aromatic heterocycles. The Kier molecular flexibility index (Phi) is 6.79. The predicted octanol–water partition coefficient (Wildman–Crippen LogP) is 13.1. The Labute approximate surface area is 314 Å². The number of aliphatic imine (C=N–C) groups is 1. The Morgan fingerprint density at radius 3 is 1.94 bits per heavy atom. The van der Waals surface area contributed by atoms with E-state index in [-0.39, 0.29) is 11.5 Å². The lowest BCUT2D eigenvalue weighted by atomic mass is 9.75. The summed E-state index contributed by atoms with van der Waals surface area (Å²) in [7, 11) is 0. The smallest absolute Gasteiger partial charge is 0.0811 e. The van der Waals surface area contributed by atoms with Gasteiger partial charge in [0.15, 0.2) is 0 Å². The summed E-state index contributed by atoms with van der Waals surface area (Å²) < 4.78 is 5.18. The minimum atomic E-state index is -0.0692. The molecule has 3 heterocycles. The number of aromatic nitrogens is 2. The minimum Gasteiger partial charge on any atom is -0.329 e. The molecule has 2 unspecified atom stereocenters. The molecule has 0 saturated carbocycles. The fraction of sp³-hybridized carbons (Fsp3) is 0.118. The first-order valence-corrected chi connectivity index (χ1v) is 19.1. The average molecular weight is 694 g/mol. The lowest BCUT2D eigenvalue weighted by molar-refractivity contribution is 0.596. The molecule has 2 aliphatic rings. The van der Waals surface area contributed by atoms with Crippen molar-refractivity contribution in [2.45, 2.75) is 38.1 Å². The molecule has 2 atom stereocenters. The molecule has 0 spiro atoms. The lowest BCUT2D eigenvalue weighted by Gasteiger charge is -2.33. The van der Waals surface area contributed by atoms with E-state index in [4.69, 9.17) is 4.99 Å². The maximum absolute atomic E-state index is 5.59. The molecule has 11 rings (SSSR count). The number of nitrogens with zero attached hydrogens (tertiary/aromatic N) is 3. The Balaban J connectivity index is 1.26. The number of para-hydroxylation sites is 3. The van der Waals surface area contributed by atoms with Gasteiger partial charge in [0.1, 0.15) is 0 Å². The molecule has 0 fully saturated rings. The summed E-state index contributed by atoms with van der Waals surface area (Å²) in [6.07, 6.45) is 8.96. The Morgan fingerprint density at radius 1 is 0.611 bits per heavy atom. The number of benzene rings is 7. The van der Waals surface area contributed by atoms with Gasteiger partial charge in [-0.05, 0) is 71.1 Å². The third-order valence-corrected chi connectivity index (χ3v) is 12.1. The van der Waals surface area contributed by atoms with Crippen LogP contribution < -0.4 is 0 Å². The molecular formula is C51H39N3. The second-order valence-electron chi connectivity index (χ2n) is 15.4.